The molecule has 0 aliphatic carbocycles. The third-order valence-corrected chi connectivity index (χ3v) is 2.63. The Hall–Kier alpha value is -1.90. The van der Waals surface area contributed by atoms with Crippen molar-refractivity contribution in [3.8, 4) is 5.75 Å². The largest absolute Gasteiger partial charge is 0.477 e. The third-order valence-electron chi connectivity index (χ3n) is 2.63. The zero-order valence-electron chi connectivity index (χ0n) is 11.1. The zero-order valence-corrected chi connectivity index (χ0v) is 11.1. The second kappa shape index (κ2) is 7.21. The van der Waals surface area contributed by atoms with E-state index in [9.17, 15) is 26.7 Å². The van der Waals surface area contributed by atoms with Crippen LogP contribution in [0.4, 0.5) is 22.0 Å². The lowest BCUT2D eigenvalue weighted by Crippen LogP contribution is -2.33. The maximum atomic E-state index is 13.3. The molecule has 118 valence electrons. The van der Waals surface area contributed by atoms with Crippen molar-refractivity contribution in [3.05, 3.63) is 29.1 Å². The molecule has 0 aromatic heterocycles. The Balaban J connectivity index is 2.83. The lowest BCUT2D eigenvalue weighted by Gasteiger charge is -2.17. The van der Waals surface area contributed by atoms with Crippen molar-refractivity contribution in [2.45, 2.75) is 6.42 Å². The first kappa shape index (κ1) is 17.2. The fraction of sp³-hybridized carbons (Fsp3) is 0.417. The quantitative estimate of drug-likeness (QED) is 0.493. The molecule has 0 fully saturated rings. The van der Waals surface area contributed by atoms with Crippen molar-refractivity contribution in [2.24, 2.45) is 5.73 Å². The van der Waals surface area contributed by atoms with Crippen LogP contribution in [0, 0.1) is 29.1 Å². The monoisotopic (exact) mass is 312 g/mol. The van der Waals surface area contributed by atoms with E-state index in [4.69, 9.17) is 5.73 Å². The maximum absolute atomic E-state index is 13.3. The van der Waals surface area contributed by atoms with Gasteiger partial charge in [-0.25, -0.2) is 13.2 Å². The molecule has 21 heavy (non-hydrogen) atoms. The molecule has 0 aliphatic rings. The molecule has 0 aliphatic heterocycles. The van der Waals surface area contributed by atoms with E-state index in [1.165, 1.54) is 11.9 Å². The Morgan fingerprint density at radius 2 is 1.52 bits per heavy atom. The second-order valence-corrected chi connectivity index (χ2v) is 4.15. The molecular weight excluding hydrogens is 299 g/mol. The van der Waals surface area contributed by atoms with Gasteiger partial charge in [0.2, 0.25) is 29.1 Å². The van der Waals surface area contributed by atoms with Crippen LogP contribution in [0.5, 0.6) is 5.75 Å². The van der Waals surface area contributed by atoms with Crippen LogP contribution >= 0.6 is 0 Å². The van der Waals surface area contributed by atoms with E-state index in [-0.39, 0.29) is 6.54 Å². The predicted molar refractivity (Wildman–Crippen MR) is 63.0 cm³/mol. The molecule has 0 spiro atoms. The van der Waals surface area contributed by atoms with Crippen molar-refractivity contribution >= 4 is 5.91 Å². The van der Waals surface area contributed by atoms with Gasteiger partial charge in [0.25, 0.3) is 5.91 Å². The average molecular weight is 312 g/mol. The topological polar surface area (TPSA) is 55.6 Å². The van der Waals surface area contributed by atoms with Crippen molar-refractivity contribution in [1.29, 1.82) is 0 Å². The maximum Gasteiger partial charge on any atom is 0.260 e. The Bertz CT molecular complexity index is 510. The summed E-state index contributed by atoms with van der Waals surface area (Å²) in [6.45, 7) is -0.259. The summed E-state index contributed by atoms with van der Waals surface area (Å²) in [6, 6.07) is 0. The number of carbonyl (C=O) groups is 1. The van der Waals surface area contributed by atoms with Gasteiger partial charge in [-0.05, 0) is 13.0 Å². The van der Waals surface area contributed by atoms with Crippen molar-refractivity contribution < 1.29 is 31.5 Å². The average Bonchev–Trinajstić information content (AvgIpc) is 2.48. The van der Waals surface area contributed by atoms with Gasteiger partial charge in [-0.2, -0.15) is 8.78 Å². The highest BCUT2D eigenvalue weighted by atomic mass is 19.2. The number of rotatable bonds is 6. The van der Waals surface area contributed by atoms with E-state index in [0.717, 1.165) is 0 Å². The number of hydrogen-bond donors (Lipinski definition) is 1. The van der Waals surface area contributed by atoms with Gasteiger partial charge in [0.1, 0.15) is 0 Å². The lowest BCUT2D eigenvalue weighted by molar-refractivity contribution is -0.132. The van der Waals surface area contributed by atoms with Gasteiger partial charge in [-0.15, -0.1) is 0 Å². The highest BCUT2D eigenvalue weighted by Crippen LogP contribution is 2.28. The molecule has 0 radical (unpaired) electrons. The number of likely N-dealkylation sites (N-methyl/N-ethyl adjacent to an activating group) is 1. The summed E-state index contributed by atoms with van der Waals surface area (Å²) in [5.74, 6) is -13.0. The van der Waals surface area contributed by atoms with Crippen molar-refractivity contribution in [1.82, 2.24) is 4.90 Å². The molecule has 0 unspecified atom stereocenters. The summed E-state index contributed by atoms with van der Waals surface area (Å²) in [5.41, 5.74) is 5.24. The first-order chi connectivity index (χ1) is 9.81. The second-order valence-electron chi connectivity index (χ2n) is 4.15. The van der Waals surface area contributed by atoms with Gasteiger partial charge in [0.05, 0.1) is 0 Å². The van der Waals surface area contributed by atoms with Gasteiger partial charge >= 0.3 is 0 Å². The van der Waals surface area contributed by atoms with Gasteiger partial charge in [0.15, 0.2) is 12.4 Å². The van der Waals surface area contributed by atoms with Crippen LogP contribution < -0.4 is 10.5 Å². The van der Waals surface area contributed by atoms with Crippen LogP contribution in [-0.4, -0.2) is 37.6 Å². The van der Waals surface area contributed by atoms with Crippen molar-refractivity contribution in [2.75, 3.05) is 26.7 Å². The first-order valence-electron chi connectivity index (χ1n) is 5.89. The number of carbonyl (C=O) groups excluding carboxylic acids is 1. The fourth-order valence-corrected chi connectivity index (χ4v) is 1.41. The Kier molecular flexibility index (Phi) is 5.89. The SMILES string of the molecule is CN(CCCN)C(=O)COc1c(F)c(F)c(F)c(F)c1F. The van der Waals surface area contributed by atoms with E-state index >= 15 is 0 Å². The minimum atomic E-state index is -2.29. The van der Waals surface area contributed by atoms with E-state index in [1.807, 2.05) is 0 Å². The van der Waals surface area contributed by atoms with E-state index in [0.29, 0.717) is 13.0 Å². The molecule has 0 saturated carbocycles. The molecule has 0 heterocycles. The van der Waals surface area contributed by atoms with Gasteiger partial charge < -0.3 is 15.4 Å². The molecule has 1 aromatic carbocycles. The van der Waals surface area contributed by atoms with E-state index in [2.05, 4.69) is 4.74 Å². The van der Waals surface area contributed by atoms with Crippen LogP contribution in [-0.2, 0) is 4.79 Å². The molecule has 0 saturated heterocycles. The number of nitrogens with two attached hydrogens (primary N) is 1. The molecule has 1 rings (SSSR count). The van der Waals surface area contributed by atoms with Crippen LogP contribution in [0.1, 0.15) is 6.42 Å². The summed E-state index contributed by atoms with van der Waals surface area (Å²) < 4.78 is 69.6. The zero-order chi connectivity index (χ0) is 16.2. The summed E-state index contributed by atoms with van der Waals surface area (Å²) in [4.78, 5) is 12.7. The fourth-order valence-electron chi connectivity index (χ4n) is 1.41. The minimum absolute atomic E-state index is 0.274. The molecule has 0 bridgehead atoms. The summed E-state index contributed by atoms with van der Waals surface area (Å²) in [5, 5.41) is 0. The summed E-state index contributed by atoms with van der Waals surface area (Å²) in [7, 11) is 1.39. The highest BCUT2D eigenvalue weighted by Gasteiger charge is 2.27. The third kappa shape index (κ3) is 3.81. The Labute approximate surface area is 117 Å². The molecule has 4 nitrogen and oxygen atoms in total. The van der Waals surface area contributed by atoms with Crippen LogP contribution in [0.25, 0.3) is 0 Å². The smallest absolute Gasteiger partial charge is 0.260 e. The van der Waals surface area contributed by atoms with Gasteiger partial charge in [0, 0.05) is 13.6 Å². The Morgan fingerprint density at radius 3 is 2.00 bits per heavy atom. The van der Waals surface area contributed by atoms with Crippen LogP contribution in [0.3, 0.4) is 0 Å². The molecule has 1 aromatic rings. The van der Waals surface area contributed by atoms with E-state index < -0.39 is 47.3 Å². The van der Waals surface area contributed by atoms with Crippen molar-refractivity contribution in [3.63, 3.8) is 0 Å². The molecule has 0 atom stereocenters. The number of amides is 1. The minimum Gasteiger partial charge on any atom is -0.477 e. The highest BCUT2D eigenvalue weighted by molar-refractivity contribution is 5.77. The van der Waals surface area contributed by atoms with Gasteiger partial charge in [-0.1, -0.05) is 0 Å². The number of nitrogens with zero attached hydrogens (tertiary/aromatic N) is 1. The number of hydrogen-bond acceptors (Lipinski definition) is 3. The molecule has 1 amide bonds. The standard InChI is InChI=1S/C12H13F5N2O2/c1-19(4-2-3-18)6(20)5-21-12-10(16)8(14)7(13)9(15)11(12)17/h2-5,18H2,1H3. The molecular formula is C12H13F5N2O2. The van der Waals surface area contributed by atoms with E-state index in [1.54, 1.807) is 0 Å². The summed E-state index contributed by atoms with van der Waals surface area (Å²) in [6.07, 6.45) is 0.491. The first-order valence-corrected chi connectivity index (χ1v) is 5.89. The number of ether oxygens (including phenoxy) is 1. The Morgan fingerprint density at radius 1 is 1.05 bits per heavy atom. The summed E-state index contributed by atoms with van der Waals surface area (Å²) >= 11 is 0. The molecule has 9 heteroatoms. The molecule has 2 N–H and O–H groups in total. The van der Waals surface area contributed by atoms with Crippen LogP contribution in [0.15, 0.2) is 0 Å². The lowest BCUT2D eigenvalue weighted by atomic mass is 10.2. The number of benzene rings is 1. The van der Waals surface area contributed by atoms with Crippen LogP contribution in [0.2, 0.25) is 0 Å². The number of halogens is 5. The normalized spacial score (nSPS) is 10.6. The predicted octanol–water partition coefficient (Wildman–Crippen LogP) is 1.57. The van der Waals surface area contributed by atoms with Gasteiger partial charge in [-0.3, -0.25) is 4.79 Å².